The Morgan fingerprint density at radius 1 is 1.03 bits per heavy atom. The Balaban J connectivity index is 1.48. The Morgan fingerprint density at radius 3 is 2.62 bits per heavy atom. The van der Waals surface area contributed by atoms with Crippen LogP contribution in [-0.2, 0) is 19.5 Å². The summed E-state index contributed by atoms with van der Waals surface area (Å²) in [5.41, 5.74) is 6.92. The number of nitrogens with one attached hydrogen (secondary N) is 1. The number of nitrogens with zero attached hydrogens (tertiary/aromatic N) is 5. The number of rotatable bonds is 5. The van der Waals surface area contributed by atoms with E-state index in [0.29, 0.717) is 24.5 Å². The zero-order valence-corrected chi connectivity index (χ0v) is 20.8. The van der Waals surface area contributed by atoms with Gasteiger partial charge in [-0.2, -0.15) is 0 Å². The second kappa shape index (κ2) is 9.37. The molecule has 0 radical (unpaired) electrons. The molecule has 3 aromatic carbocycles. The van der Waals surface area contributed by atoms with Crippen LogP contribution in [0.5, 0.6) is 0 Å². The summed E-state index contributed by atoms with van der Waals surface area (Å²) in [4.78, 5) is 19.0. The molecule has 3 heterocycles. The monoisotopic (exact) mass is 494 g/mol. The highest BCUT2D eigenvalue weighted by atomic mass is 19.1. The van der Waals surface area contributed by atoms with Crippen LogP contribution < -0.4 is 5.56 Å². The van der Waals surface area contributed by atoms with Crippen molar-refractivity contribution in [2.24, 2.45) is 0 Å². The fourth-order valence-corrected chi connectivity index (χ4v) is 5.26. The molecule has 1 N–H and O–H groups in total. The van der Waals surface area contributed by atoms with E-state index >= 15 is 0 Å². The second-order valence-corrected chi connectivity index (χ2v) is 9.74. The van der Waals surface area contributed by atoms with E-state index in [2.05, 4.69) is 49.7 Å². The number of tetrazole rings is 1. The van der Waals surface area contributed by atoms with Gasteiger partial charge in [0.25, 0.3) is 5.56 Å². The Hall–Kier alpha value is -4.17. The maximum absolute atomic E-state index is 13.6. The van der Waals surface area contributed by atoms with Crippen LogP contribution in [0.4, 0.5) is 4.39 Å². The molecule has 0 fully saturated rings. The van der Waals surface area contributed by atoms with Crippen LogP contribution in [0.15, 0.2) is 71.5 Å². The van der Waals surface area contributed by atoms with Crippen LogP contribution in [0.1, 0.15) is 45.2 Å². The molecule has 0 amide bonds. The molecule has 0 spiro atoms. The maximum Gasteiger partial charge on any atom is 0.253 e. The van der Waals surface area contributed by atoms with Crippen molar-refractivity contribution in [1.29, 1.82) is 0 Å². The van der Waals surface area contributed by atoms with Gasteiger partial charge in [0.1, 0.15) is 11.9 Å². The lowest BCUT2D eigenvalue weighted by Gasteiger charge is -2.34. The SMILES string of the molecule is Cc1ccc2cc([C@H](c3nnnn3Cc3ccc(F)cc3)N3CCc4ccccc4C3)c(=O)[nH]c2c1C. The molecule has 0 saturated carbocycles. The first-order chi connectivity index (χ1) is 18.0. The van der Waals surface area contributed by atoms with Crippen LogP contribution in [-0.4, -0.2) is 36.6 Å². The summed E-state index contributed by atoms with van der Waals surface area (Å²) in [6.45, 7) is 5.87. The summed E-state index contributed by atoms with van der Waals surface area (Å²) in [6.07, 6.45) is 0.871. The van der Waals surface area contributed by atoms with Crippen molar-refractivity contribution in [2.75, 3.05) is 6.54 Å². The van der Waals surface area contributed by atoms with Crippen LogP contribution in [0, 0.1) is 19.7 Å². The number of aryl methyl sites for hydroxylation is 2. The van der Waals surface area contributed by atoms with Crippen molar-refractivity contribution in [2.45, 2.75) is 39.4 Å². The van der Waals surface area contributed by atoms with Crippen molar-refractivity contribution in [1.82, 2.24) is 30.1 Å². The normalized spacial score (nSPS) is 14.6. The van der Waals surface area contributed by atoms with Crippen molar-refractivity contribution in [3.05, 3.63) is 122 Å². The first-order valence-corrected chi connectivity index (χ1v) is 12.4. The van der Waals surface area contributed by atoms with Crippen molar-refractivity contribution < 1.29 is 4.39 Å². The smallest absolute Gasteiger partial charge is 0.253 e. The summed E-state index contributed by atoms with van der Waals surface area (Å²) < 4.78 is 15.2. The van der Waals surface area contributed by atoms with Gasteiger partial charge in [0.15, 0.2) is 5.82 Å². The lowest BCUT2D eigenvalue weighted by atomic mass is 9.95. The van der Waals surface area contributed by atoms with E-state index in [1.54, 1.807) is 16.8 Å². The fraction of sp³-hybridized carbons (Fsp3) is 0.241. The van der Waals surface area contributed by atoms with Gasteiger partial charge in [0, 0.05) is 18.7 Å². The predicted octanol–water partition coefficient (Wildman–Crippen LogP) is 4.47. The number of aromatic amines is 1. The maximum atomic E-state index is 13.6. The third-order valence-corrected chi connectivity index (χ3v) is 7.45. The summed E-state index contributed by atoms with van der Waals surface area (Å²) in [5, 5.41) is 13.6. The number of halogens is 1. The largest absolute Gasteiger partial charge is 0.321 e. The van der Waals surface area contributed by atoms with Gasteiger partial charge in [-0.3, -0.25) is 9.69 Å². The van der Waals surface area contributed by atoms with Gasteiger partial charge in [-0.05, 0) is 82.1 Å². The van der Waals surface area contributed by atoms with E-state index in [1.807, 2.05) is 32.0 Å². The number of hydrogen-bond donors (Lipinski definition) is 1. The topological polar surface area (TPSA) is 79.7 Å². The number of aromatic nitrogens is 5. The minimum Gasteiger partial charge on any atom is -0.321 e. The molecule has 0 unspecified atom stereocenters. The summed E-state index contributed by atoms with van der Waals surface area (Å²) in [6, 6.07) is 20.3. The first kappa shape index (κ1) is 23.2. The Morgan fingerprint density at radius 2 is 1.81 bits per heavy atom. The molecule has 8 heteroatoms. The second-order valence-electron chi connectivity index (χ2n) is 9.74. The highest BCUT2D eigenvalue weighted by Gasteiger charge is 2.32. The van der Waals surface area contributed by atoms with Gasteiger partial charge in [0.05, 0.1) is 12.1 Å². The lowest BCUT2D eigenvalue weighted by molar-refractivity contribution is 0.194. The zero-order chi connectivity index (χ0) is 25.5. The van der Waals surface area contributed by atoms with E-state index in [-0.39, 0.29) is 11.4 Å². The highest BCUT2D eigenvalue weighted by Crippen LogP contribution is 2.32. The molecule has 37 heavy (non-hydrogen) atoms. The molecule has 0 aliphatic carbocycles. The van der Waals surface area contributed by atoms with Gasteiger partial charge in [-0.15, -0.1) is 5.10 Å². The summed E-state index contributed by atoms with van der Waals surface area (Å²) in [5.74, 6) is 0.288. The fourth-order valence-electron chi connectivity index (χ4n) is 5.26. The van der Waals surface area contributed by atoms with E-state index in [1.165, 1.54) is 23.3 Å². The van der Waals surface area contributed by atoms with Gasteiger partial charge < -0.3 is 4.98 Å². The van der Waals surface area contributed by atoms with Crippen LogP contribution in [0.2, 0.25) is 0 Å². The highest BCUT2D eigenvalue weighted by molar-refractivity contribution is 5.83. The van der Waals surface area contributed by atoms with Crippen LogP contribution in [0.25, 0.3) is 10.9 Å². The minimum absolute atomic E-state index is 0.151. The molecular formula is C29H27FN6O. The Labute approximate surface area is 213 Å². The third kappa shape index (κ3) is 4.34. The molecule has 1 aliphatic rings. The minimum atomic E-state index is -0.460. The van der Waals surface area contributed by atoms with E-state index < -0.39 is 6.04 Å². The van der Waals surface area contributed by atoms with Crippen LogP contribution in [0.3, 0.4) is 0 Å². The molecule has 7 nitrogen and oxygen atoms in total. The molecule has 0 saturated heterocycles. The van der Waals surface area contributed by atoms with Crippen molar-refractivity contribution >= 4 is 10.9 Å². The molecule has 1 aliphatic heterocycles. The molecule has 5 aromatic rings. The number of hydrogen-bond acceptors (Lipinski definition) is 5. The summed E-state index contributed by atoms with van der Waals surface area (Å²) in [7, 11) is 0. The van der Waals surface area contributed by atoms with Crippen molar-refractivity contribution in [3.8, 4) is 0 Å². The average molecular weight is 495 g/mol. The lowest BCUT2D eigenvalue weighted by Crippen LogP contribution is -2.38. The van der Waals surface area contributed by atoms with E-state index in [0.717, 1.165) is 40.6 Å². The zero-order valence-electron chi connectivity index (χ0n) is 20.8. The quantitative estimate of drug-likeness (QED) is 0.390. The van der Waals surface area contributed by atoms with Gasteiger partial charge >= 0.3 is 0 Å². The molecule has 2 aromatic heterocycles. The Kier molecular flexibility index (Phi) is 5.88. The molecule has 186 valence electrons. The van der Waals surface area contributed by atoms with Gasteiger partial charge in [0.2, 0.25) is 0 Å². The molecule has 0 bridgehead atoms. The summed E-state index contributed by atoms with van der Waals surface area (Å²) >= 11 is 0. The van der Waals surface area contributed by atoms with Crippen LogP contribution >= 0.6 is 0 Å². The van der Waals surface area contributed by atoms with E-state index in [4.69, 9.17) is 0 Å². The number of benzene rings is 3. The third-order valence-electron chi connectivity index (χ3n) is 7.45. The predicted molar refractivity (Wildman–Crippen MR) is 140 cm³/mol. The standard InChI is InChI=1S/C29H27FN6O/c1-18-7-10-22-15-25(29(37)31-26(22)19(18)2)27(35-14-13-21-5-3-4-6-23(21)17-35)28-32-33-34-36(28)16-20-8-11-24(30)12-9-20/h3-12,15,27H,13-14,16-17H2,1-2H3,(H,31,37)/t27-/m1/s1. The van der Waals surface area contributed by atoms with Crippen molar-refractivity contribution in [3.63, 3.8) is 0 Å². The van der Waals surface area contributed by atoms with Gasteiger partial charge in [-0.1, -0.05) is 48.5 Å². The first-order valence-electron chi connectivity index (χ1n) is 12.4. The van der Waals surface area contributed by atoms with E-state index in [9.17, 15) is 9.18 Å². The number of fused-ring (bicyclic) bond motifs is 2. The molecular weight excluding hydrogens is 467 g/mol. The number of pyridine rings is 1. The number of H-pyrrole nitrogens is 1. The van der Waals surface area contributed by atoms with Gasteiger partial charge in [-0.25, -0.2) is 9.07 Å². The average Bonchev–Trinajstić information content (AvgIpc) is 3.36. The molecule has 6 rings (SSSR count). The Bertz CT molecular complexity index is 1660. The molecule has 1 atom stereocenters.